The Kier molecular flexibility index (Phi) is 0.931. The van der Waals surface area contributed by atoms with Crippen LogP contribution in [0.5, 0.6) is 0 Å². The van der Waals surface area contributed by atoms with Gasteiger partial charge >= 0.3 is 0 Å². The predicted octanol–water partition coefficient (Wildman–Crippen LogP) is 2.13. The molecule has 0 aromatic carbocycles. The fourth-order valence-corrected chi connectivity index (χ4v) is 1.34. The van der Waals surface area contributed by atoms with Gasteiger partial charge in [-0.1, -0.05) is 0 Å². The third-order valence-corrected chi connectivity index (χ3v) is 1.95. The Labute approximate surface area is 60.8 Å². The Balaban J connectivity index is 2.99. The highest BCUT2D eigenvalue weighted by Gasteiger charge is 1.95. The van der Waals surface area contributed by atoms with Crippen molar-refractivity contribution >= 4 is 27.2 Å². The molecule has 2 nitrogen and oxygen atoms in total. The maximum atomic E-state index is 3.33. The summed E-state index contributed by atoms with van der Waals surface area (Å²) in [6.07, 6.45) is 3.88. The SMILES string of the molecule is Brn1ccc2cc[nH]c21. The summed E-state index contributed by atoms with van der Waals surface area (Å²) in [5.41, 5.74) is 1.11. The zero-order valence-electron chi connectivity index (χ0n) is 4.63. The van der Waals surface area contributed by atoms with Gasteiger partial charge in [0.2, 0.25) is 0 Å². The topological polar surface area (TPSA) is 20.7 Å². The largest absolute Gasteiger partial charge is 0.347 e. The van der Waals surface area contributed by atoms with Gasteiger partial charge in [0.1, 0.15) is 5.65 Å². The average molecular weight is 185 g/mol. The Morgan fingerprint density at radius 3 is 3.11 bits per heavy atom. The highest BCUT2D eigenvalue weighted by atomic mass is 79.9. The molecular formula is C6H5BrN2. The molecule has 0 atom stereocenters. The summed E-state index contributed by atoms with van der Waals surface area (Å²) in [4.78, 5) is 3.08. The van der Waals surface area contributed by atoms with E-state index in [9.17, 15) is 0 Å². The molecule has 0 bridgehead atoms. The third-order valence-electron chi connectivity index (χ3n) is 1.35. The lowest BCUT2D eigenvalue weighted by Gasteiger charge is -1.83. The minimum atomic E-state index is 1.11. The summed E-state index contributed by atoms with van der Waals surface area (Å²) in [5.74, 6) is 0. The lowest BCUT2D eigenvalue weighted by molar-refractivity contribution is 1.30. The molecule has 0 fully saturated rings. The molecule has 2 heterocycles. The molecule has 0 aliphatic carbocycles. The van der Waals surface area contributed by atoms with E-state index in [-0.39, 0.29) is 0 Å². The lowest BCUT2D eigenvalue weighted by Crippen LogP contribution is -1.72. The van der Waals surface area contributed by atoms with Crippen LogP contribution in [0.4, 0.5) is 0 Å². The van der Waals surface area contributed by atoms with E-state index in [1.165, 1.54) is 5.39 Å². The van der Waals surface area contributed by atoms with Crippen molar-refractivity contribution in [2.24, 2.45) is 0 Å². The zero-order valence-corrected chi connectivity index (χ0v) is 6.22. The molecule has 46 valence electrons. The second kappa shape index (κ2) is 1.64. The first-order valence-electron chi connectivity index (χ1n) is 2.68. The maximum Gasteiger partial charge on any atom is 0.127 e. The van der Waals surface area contributed by atoms with Crippen LogP contribution in [0.3, 0.4) is 0 Å². The molecule has 0 spiro atoms. The van der Waals surface area contributed by atoms with Crippen molar-refractivity contribution in [3.05, 3.63) is 24.5 Å². The molecule has 0 aliphatic rings. The number of halogens is 1. The van der Waals surface area contributed by atoms with Gasteiger partial charge in [0.05, 0.1) is 16.1 Å². The van der Waals surface area contributed by atoms with Crippen molar-refractivity contribution in [3.63, 3.8) is 0 Å². The van der Waals surface area contributed by atoms with Crippen LogP contribution in [0, 0.1) is 0 Å². The van der Waals surface area contributed by atoms with Gasteiger partial charge < -0.3 is 4.98 Å². The summed E-state index contributed by atoms with van der Waals surface area (Å²) in [7, 11) is 0. The van der Waals surface area contributed by atoms with Crippen molar-refractivity contribution in [2.45, 2.75) is 0 Å². The number of hydrogen-bond acceptors (Lipinski definition) is 0. The maximum absolute atomic E-state index is 3.33. The van der Waals surface area contributed by atoms with Crippen LogP contribution in [-0.2, 0) is 0 Å². The van der Waals surface area contributed by atoms with Crippen molar-refractivity contribution in [1.82, 2.24) is 8.58 Å². The number of rotatable bonds is 0. The highest BCUT2D eigenvalue weighted by Crippen LogP contribution is 2.14. The number of aromatic nitrogens is 2. The fraction of sp³-hybridized carbons (Fsp3) is 0. The average Bonchev–Trinajstić information content (AvgIpc) is 2.35. The van der Waals surface area contributed by atoms with E-state index in [4.69, 9.17) is 0 Å². The molecule has 1 N–H and O–H groups in total. The lowest BCUT2D eigenvalue weighted by atomic mass is 10.4. The molecule has 2 aromatic heterocycles. The van der Waals surface area contributed by atoms with Crippen molar-refractivity contribution in [3.8, 4) is 0 Å². The Hall–Kier alpha value is -0.700. The zero-order chi connectivity index (χ0) is 6.27. The van der Waals surface area contributed by atoms with Crippen LogP contribution in [0.2, 0.25) is 0 Å². The molecule has 0 aliphatic heterocycles. The van der Waals surface area contributed by atoms with Crippen molar-refractivity contribution in [1.29, 1.82) is 0 Å². The molecular weight excluding hydrogens is 180 g/mol. The summed E-state index contributed by atoms with van der Waals surface area (Å²) >= 11 is 3.33. The summed E-state index contributed by atoms with van der Waals surface area (Å²) < 4.78 is 1.88. The van der Waals surface area contributed by atoms with Crippen molar-refractivity contribution in [2.75, 3.05) is 0 Å². The highest BCUT2D eigenvalue weighted by molar-refractivity contribution is 9.08. The van der Waals surface area contributed by atoms with E-state index in [0.717, 1.165) is 5.65 Å². The Morgan fingerprint density at radius 2 is 2.33 bits per heavy atom. The standard InChI is InChI=1S/C6H5BrN2/c7-9-4-2-5-1-3-8-6(5)9/h1-4,8H. The quantitative estimate of drug-likeness (QED) is 0.648. The molecule has 0 radical (unpaired) electrons. The number of nitrogens with zero attached hydrogens (tertiary/aromatic N) is 1. The smallest absolute Gasteiger partial charge is 0.127 e. The minimum absolute atomic E-state index is 1.11. The van der Waals surface area contributed by atoms with Gasteiger partial charge in [0.15, 0.2) is 0 Å². The molecule has 0 amide bonds. The van der Waals surface area contributed by atoms with Gasteiger partial charge in [0.25, 0.3) is 0 Å². The molecule has 3 heteroatoms. The third kappa shape index (κ3) is 0.612. The van der Waals surface area contributed by atoms with E-state index in [0.29, 0.717) is 0 Å². The molecule has 0 unspecified atom stereocenters. The molecule has 2 rings (SSSR count). The minimum Gasteiger partial charge on any atom is -0.347 e. The molecule has 2 aromatic rings. The van der Waals surface area contributed by atoms with Crippen LogP contribution in [0.1, 0.15) is 0 Å². The van der Waals surface area contributed by atoms with Crippen LogP contribution in [-0.4, -0.2) is 8.58 Å². The number of aromatic amines is 1. The summed E-state index contributed by atoms with van der Waals surface area (Å²) in [6.45, 7) is 0. The number of hydrogen-bond donors (Lipinski definition) is 1. The first-order valence-corrected chi connectivity index (χ1v) is 3.39. The van der Waals surface area contributed by atoms with Gasteiger partial charge in [-0.2, -0.15) is 0 Å². The van der Waals surface area contributed by atoms with Gasteiger partial charge in [-0.05, 0) is 12.1 Å². The summed E-state index contributed by atoms with van der Waals surface area (Å²) in [5, 5.41) is 1.23. The molecule has 9 heavy (non-hydrogen) atoms. The van der Waals surface area contributed by atoms with E-state index in [1.54, 1.807) is 0 Å². The van der Waals surface area contributed by atoms with E-state index >= 15 is 0 Å². The van der Waals surface area contributed by atoms with Gasteiger partial charge in [-0.25, -0.2) is 0 Å². The second-order valence-corrected chi connectivity index (χ2v) is 2.67. The fourth-order valence-electron chi connectivity index (χ4n) is 0.912. The Bertz CT molecular complexity index is 320. The van der Waals surface area contributed by atoms with Gasteiger partial charge in [0, 0.05) is 17.8 Å². The monoisotopic (exact) mass is 184 g/mol. The first kappa shape index (κ1) is 5.11. The van der Waals surface area contributed by atoms with Crippen LogP contribution in [0.15, 0.2) is 24.5 Å². The molecule has 0 saturated carbocycles. The number of nitrogens with one attached hydrogen (secondary N) is 1. The van der Waals surface area contributed by atoms with E-state index in [1.807, 2.05) is 28.1 Å². The van der Waals surface area contributed by atoms with Gasteiger partial charge in [-0.15, -0.1) is 0 Å². The van der Waals surface area contributed by atoms with Crippen LogP contribution < -0.4 is 0 Å². The van der Waals surface area contributed by atoms with Crippen LogP contribution >= 0.6 is 16.1 Å². The van der Waals surface area contributed by atoms with Crippen molar-refractivity contribution < 1.29 is 0 Å². The second-order valence-electron chi connectivity index (χ2n) is 1.91. The van der Waals surface area contributed by atoms with E-state index in [2.05, 4.69) is 21.1 Å². The van der Waals surface area contributed by atoms with Gasteiger partial charge in [-0.3, -0.25) is 3.59 Å². The predicted molar refractivity (Wildman–Crippen MR) is 40.6 cm³/mol. The number of H-pyrrole nitrogens is 1. The summed E-state index contributed by atoms with van der Waals surface area (Å²) in [6, 6.07) is 4.08. The Morgan fingerprint density at radius 1 is 1.44 bits per heavy atom. The van der Waals surface area contributed by atoms with Crippen LogP contribution in [0.25, 0.3) is 11.0 Å². The number of fused-ring (bicyclic) bond motifs is 1. The molecule has 0 saturated heterocycles. The van der Waals surface area contributed by atoms with E-state index < -0.39 is 0 Å². The normalized spacial score (nSPS) is 10.8. The first-order chi connectivity index (χ1) is 4.38.